The molecule has 5 unspecified atom stereocenters. The predicted molar refractivity (Wildman–Crippen MR) is 126 cm³/mol. The molecule has 2 heterocycles. The molecular formula is C24H30F2N4O3S. The van der Waals surface area contributed by atoms with Gasteiger partial charge in [0, 0.05) is 29.7 Å². The van der Waals surface area contributed by atoms with Gasteiger partial charge in [-0.1, -0.05) is 13.0 Å². The second-order valence-corrected chi connectivity index (χ2v) is 11.3. The van der Waals surface area contributed by atoms with Crippen LogP contribution in [0, 0.1) is 23.1 Å². The van der Waals surface area contributed by atoms with E-state index in [2.05, 4.69) is 15.0 Å². The third-order valence-electron chi connectivity index (χ3n) is 7.69. The van der Waals surface area contributed by atoms with Crippen LogP contribution < -0.4 is 4.74 Å². The molecule has 7 nitrogen and oxygen atoms in total. The highest BCUT2D eigenvalue weighted by Gasteiger charge is 2.58. The molecule has 10 heteroatoms. The van der Waals surface area contributed by atoms with Crippen molar-refractivity contribution in [3.05, 3.63) is 24.3 Å². The largest absolute Gasteiger partial charge is 0.475 e. The molecular weight excluding hydrogens is 462 g/mol. The molecule has 34 heavy (non-hydrogen) atoms. The molecule has 5 atom stereocenters. The van der Waals surface area contributed by atoms with Crippen molar-refractivity contribution in [1.29, 1.82) is 0 Å². The molecule has 0 bridgehead atoms. The summed E-state index contributed by atoms with van der Waals surface area (Å²) in [5.74, 6) is -1.15. The van der Waals surface area contributed by atoms with Crippen LogP contribution in [0.25, 0.3) is 0 Å². The van der Waals surface area contributed by atoms with Crippen molar-refractivity contribution >= 4 is 29.4 Å². The Hall–Kier alpha value is -2.23. The average Bonchev–Trinajstić information content (AvgIpc) is 3.73. The van der Waals surface area contributed by atoms with E-state index in [1.54, 1.807) is 22.7 Å². The van der Waals surface area contributed by atoms with Crippen LogP contribution >= 0.6 is 11.8 Å². The van der Waals surface area contributed by atoms with Gasteiger partial charge < -0.3 is 14.4 Å². The fourth-order valence-electron chi connectivity index (χ4n) is 4.83. The van der Waals surface area contributed by atoms with E-state index in [4.69, 9.17) is 9.47 Å². The molecule has 1 aromatic rings. The van der Waals surface area contributed by atoms with Crippen molar-refractivity contribution in [3.63, 3.8) is 0 Å². The number of nitrogens with zero attached hydrogens (tertiary/aromatic N) is 4. The molecule has 184 valence electrons. The van der Waals surface area contributed by atoms with Crippen molar-refractivity contribution < 1.29 is 23.0 Å². The fourth-order valence-corrected chi connectivity index (χ4v) is 5.63. The van der Waals surface area contributed by atoms with Crippen molar-refractivity contribution in [2.24, 2.45) is 22.2 Å². The van der Waals surface area contributed by atoms with Crippen molar-refractivity contribution in [1.82, 2.24) is 14.9 Å². The quantitative estimate of drug-likeness (QED) is 0.571. The van der Waals surface area contributed by atoms with E-state index in [1.807, 2.05) is 26.2 Å². The number of carbonyl (C=O) groups is 1. The summed E-state index contributed by atoms with van der Waals surface area (Å²) in [7, 11) is 0. The molecule has 1 aromatic heterocycles. The third kappa shape index (κ3) is 4.53. The number of likely N-dealkylation sites (tertiary alicyclic amines) is 1. The highest BCUT2D eigenvalue weighted by Crippen LogP contribution is 2.58. The van der Waals surface area contributed by atoms with Gasteiger partial charge >= 0.3 is 6.09 Å². The number of allylic oxidation sites excluding steroid dienone is 1. The average molecular weight is 493 g/mol. The number of carbonyl (C=O) groups excluding carboxylic acids is 1. The number of alkyl halides is 1. The maximum absolute atomic E-state index is 15.0. The summed E-state index contributed by atoms with van der Waals surface area (Å²) in [5.41, 5.74) is -0.211. The maximum Gasteiger partial charge on any atom is 0.410 e. The Bertz CT molecular complexity index is 1030. The number of ether oxygens (including phenoxy) is 2. The standard InChI is InChI=1S/C24H30F2N4O3S/c1-14-17(34-3)5-4-16(18(14)25)29-20-19(26)21(28-13-27-20)32-12-24-8-9-30(11-15(24)10-24)22(31)33-23(2)6-7-23/h4-5,13-15,17-18H,6-12H2,1-3H3. The van der Waals surface area contributed by atoms with Gasteiger partial charge in [-0.05, 0) is 50.9 Å². The fraction of sp³-hybridized carbons (Fsp3) is 0.667. The summed E-state index contributed by atoms with van der Waals surface area (Å²) in [4.78, 5) is 26.1. The number of aromatic nitrogens is 2. The molecule has 0 radical (unpaired) electrons. The molecule has 3 fully saturated rings. The number of thioether (sulfide) groups is 1. The van der Waals surface area contributed by atoms with Gasteiger partial charge in [-0.25, -0.2) is 19.2 Å². The Morgan fingerprint density at radius 3 is 2.85 bits per heavy atom. The lowest BCUT2D eigenvalue weighted by Crippen LogP contribution is -2.42. The second kappa shape index (κ2) is 8.77. The van der Waals surface area contributed by atoms with E-state index in [-0.39, 0.29) is 45.7 Å². The first-order chi connectivity index (χ1) is 16.2. The first kappa shape index (κ1) is 23.5. The lowest BCUT2D eigenvalue weighted by atomic mass is 9.92. The van der Waals surface area contributed by atoms with Gasteiger partial charge in [-0.2, -0.15) is 21.1 Å². The molecule has 1 aliphatic heterocycles. The van der Waals surface area contributed by atoms with Crippen LogP contribution in [0.5, 0.6) is 5.88 Å². The summed E-state index contributed by atoms with van der Waals surface area (Å²) in [6.45, 7) is 5.31. The summed E-state index contributed by atoms with van der Waals surface area (Å²) in [5, 5.41) is 0.0545. The van der Waals surface area contributed by atoms with E-state index in [1.165, 1.54) is 6.33 Å². The van der Waals surface area contributed by atoms with Crippen LogP contribution in [0.1, 0.15) is 39.5 Å². The molecule has 5 rings (SSSR count). The topological polar surface area (TPSA) is 76.9 Å². The number of halogens is 2. The van der Waals surface area contributed by atoms with Gasteiger partial charge in [0.05, 0.1) is 12.3 Å². The van der Waals surface area contributed by atoms with Gasteiger partial charge in [0.1, 0.15) is 18.1 Å². The van der Waals surface area contributed by atoms with Gasteiger partial charge in [-0.3, -0.25) is 0 Å². The zero-order valence-electron chi connectivity index (χ0n) is 19.7. The number of aliphatic imine (C=N–C) groups is 1. The molecule has 1 amide bonds. The lowest BCUT2D eigenvalue weighted by molar-refractivity contribution is 0.0438. The summed E-state index contributed by atoms with van der Waals surface area (Å²) < 4.78 is 41.2. The Morgan fingerprint density at radius 1 is 1.35 bits per heavy atom. The van der Waals surface area contributed by atoms with Gasteiger partial charge in [0.2, 0.25) is 5.82 Å². The zero-order chi connectivity index (χ0) is 24.1. The molecule has 2 saturated carbocycles. The minimum atomic E-state index is -1.30. The van der Waals surface area contributed by atoms with Crippen LogP contribution in [-0.2, 0) is 4.74 Å². The minimum Gasteiger partial charge on any atom is -0.475 e. The summed E-state index contributed by atoms with van der Waals surface area (Å²) in [6.07, 6.45) is 8.60. The van der Waals surface area contributed by atoms with E-state index < -0.39 is 12.0 Å². The van der Waals surface area contributed by atoms with E-state index in [9.17, 15) is 9.18 Å². The number of hydrogen-bond acceptors (Lipinski definition) is 7. The molecule has 3 aliphatic carbocycles. The minimum absolute atomic E-state index is 0.0545. The van der Waals surface area contributed by atoms with Crippen LogP contribution in [-0.4, -0.2) is 69.6 Å². The van der Waals surface area contributed by atoms with Crippen molar-refractivity contribution in [2.45, 2.75) is 56.6 Å². The Kier molecular flexibility index (Phi) is 6.06. The Balaban J connectivity index is 1.21. The van der Waals surface area contributed by atoms with Crippen LogP contribution in [0.3, 0.4) is 0 Å². The first-order valence-electron chi connectivity index (χ1n) is 11.8. The Morgan fingerprint density at radius 2 is 2.15 bits per heavy atom. The SMILES string of the molecule is CSC1C=CC(=Nc2ncnc(OCC34CCN(C(=O)OC5(C)CC5)CC3C4)c2F)C(F)C1C. The van der Waals surface area contributed by atoms with E-state index in [0.717, 1.165) is 25.7 Å². The molecule has 0 spiro atoms. The summed E-state index contributed by atoms with van der Waals surface area (Å²) in [6, 6.07) is 0. The van der Waals surface area contributed by atoms with Crippen LogP contribution in [0.2, 0.25) is 0 Å². The number of rotatable bonds is 6. The smallest absolute Gasteiger partial charge is 0.410 e. The van der Waals surface area contributed by atoms with Gasteiger partial charge in [0.15, 0.2) is 5.82 Å². The highest BCUT2D eigenvalue weighted by molar-refractivity contribution is 7.99. The molecule has 1 saturated heterocycles. The zero-order valence-corrected chi connectivity index (χ0v) is 20.5. The molecule has 0 aromatic carbocycles. The number of fused-ring (bicyclic) bond motifs is 1. The number of piperidine rings is 1. The van der Waals surface area contributed by atoms with Gasteiger partial charge in [-0.15, -0.1) is 0 Å². The van der Waals surface area contributed by atoms with E-state index >= 15 is 4.39 Å². The third-order valence-corrected chi connectivity index (χ3v) is 8.82. The van der Waals surface area contributed by atoms with Crippen LogP contribution in [0.15, 0.2) is 23.5 Å². The summed E-state index contributed by atoms with van der Waals surface area (Å²) >= 11 is 1.57. The lowest BCUT2D eigenvalue weighted by Gasteiger charge is -2.31. The van der Waals surface area contributed by atoms with Crippen molar-refractivity contribution in [2.75, 3.05) is 26.0 Å². The molecule has 0 N–H and O–H groups in total. The Labute approximate surface area is 202 Å². The van der Waals surface area contributed by atoms with Gasteiger partial charge in [0.25, 0.3) is 5.88 Å². The second-order valence-electron chi connectivity index (χ2n) is 10.2. The van der Waals surface area contributed by atoms with Crippen LogP contribution in [0.4, 0.5) is 19.4 Å². The predicted octanol–water partition coefficient (Wildman–Crippen LogP) is 4.74. The maximum atomic E-state index is 15.0. The highest BCUT2D eigenvalue weighted by atomic mass is 32.2. The number of amides is 1. The number of hydrogen-bond donors (Lipinski definition) is 0. The normalized spacial score (nSPS) is 34.5. The monoisotopic (exact) mass is 492 g/mol. The first-order valence-corrected chi connectivity index (χ1v) is 13.1. The van der Waals surface area contributed by atoms with E-state index in [0.29, 0.717) is 25.6 Å². The molecule has 4 aliphatic rings. The van der Waals surface area contributed by atoms with Crippen molar-refractivity contribution in [3.8, 4) is 5.88 Å².